The van der Waals surface area contributed by atoms with E-state index in [1.807, 2.05) is 13.0 Å². The van der Waals surface area contributed by atoms with E-state index in [-0.39, 0.29) is 0 Å². The lowest BCUT2D eigenvalue weighted by Gasteiger charge is -2.00. The fourth-order valence-corrected chi connectivity index (χ4v) is 1.70. The van der Waals surface area contributed by atoms with Crippen molar-refractivity contribution in [3.63, 3.8) is 0 Å². The highest BCUT2D eigenvalue weighted by molar-refractivity contribution is 14.1. The van der Waals surface area contributed by atoms with Crippen molar-refractivity contribution in [1.29, 1.82) is 0 Å². The van der Waals surface area contributed by atoms with Crippen LogP contribution in [0.3, 0.4) is 0 Å². The average molecular weight is 313 g/mol. The van der Waals surface area contributed by atoms with E-state index in [1.165, 1.54) is 0 Å². The molecule has 0 amide bonds. The molecule has 10 heavy (non-hydrogen) atoms. The standard InChI is InChI=1S/C7H6BrIO/c1-4-2-5(9)7(8)6(10)3-4/h2-3,10H,1H3. The Morgan fingerprint density at radius 2 is 2.10 bits per heavy atom. The number of phenolic OH excluding ortho intramolecular Hbond substituents is 1. The molecule has 0 heterocycles. The molecule has 54 valence electrons. The molecule has 0 saturated carbocycles. The first-order valence-electron chi connectivity index (χ1n) is 2.76. The normalized spacial score (nSPS) is 9.90. The minimum atomic E-state index is 0.310. The molecule has 0 spiro atoms. The molecule has 0 aliphatic rings. The third kappa shape index (κ3) is 1.63. The van der Waals surface area contributed by atoms with Crippen LogP contribution in [0.15, 0.2) is 16.6 Å². The van der Waals surface area contributed by atoms with Crippen molar-refractivity contribution in [2.75, 3.05) is 0 Å². The van der Waals surface area contributed by atoms with Crippen LogP contribution < -0.4 is 0 Å². The molecule has 1 aromatic rings. The van der Waals surface area contributed by atoms with E-state index in [1.54, 1.807) is 6.07 Å². The van der Waals surface area contributed by atoms with Gasteiger partial charge in [0.05, 0.1) is 4.47 Å². The van der Waals surface area contributed by atoms with Crippen LogP contribution in [0.4, 0.5) is 0 Å². The quantitative estimate of drug-likeness (QED) is 0.730. The molecule has 0 atom stereocenters. The number of hydrogen-bond donors (Lipinski definition) is 1. The van der Waals surface area contributed by atoms with Crippen LogP contribution in [0.1, 0.15) is 5.56 Å². The summed E-state index contributed by atoms with van der Waals surface area (Å²) in [5.41, 5.74) is 1.07. The van der Waals surface area contributed by atoms with E-state index in [2.05, 4.69) is 38.5 Å². The van der Waals surface area contributed by atoms with Gasteiger partial charge in [-0.15, -0.1) is 0 Å². The summed E-state index contributed by atoms with van der Waals surface area (Å²) in [6.45, 7) is 1.95. The summed E-state index contributed by atoms with van der Waals surface area (Å²) >= 11 is 5.42. The zero-order chi connectivity index (χ0) is 7.72. The van der Waals surface area contributed by atoms with Gasteiger partial charge in [-0.3, -0.25) is 0 Å². The summed E-state index contributed by atoms with van der Waals surface area (Å²) in [4.78, 5) is 0. The number of phenols is 1. The summed E-state index contributed by atoms with van der Waals surface area (Å²) in [5.74, 6) is 0.310. The predicted octanol–water partition coefficient (Wildman–Crippen LogP) is 3.07. The maximum atomic E-state index is 9.23. The van der Waals surface area contributed by atoms with E-state index >= 15 is 0 Å². The smallest absolute Gasteiger partial charge is 0.131 e. The van der Waals surface area contributed by atoms with Gasteiger partial charge in [-0.25, -0.2) is 0 Å². The largest absolute Gasteiger partial charge is 0.507 e. The van der Waals surface area contributed by atoms with E-state index < -0.39 is 0 Å². The fraction of sp³-hybridized carbons (Fsp3) is 0.143. The summed E-state index contributed by atoms with van der Waals surface area (Å²) in [5, 5.41) is 9.23. The van der Waals surface area contributed by atoms with Crippen LogP contribution in [-0.2, 0) is 0 Å². The summed E-state index contributed by atoms with van der Waals surface area (Å²) < 4.78 is 1.81. The summed E-state index contributed by atoms with van der Waals surface area (Å²) in [6, 6.07) is 3.73. The van der Waals surface area contributed by atoms with Crippen LogP contribution in [-0.4, -0.2) is 5.11 Å². The molecule has 0 aliphatic carbocycles. The highest BCUT2D eigenvalue weighted by Crippen LogP contribution is 2.29. The van der Waals surface area contributed by atoms with Crippen molar-refractivity contribution < 1.29 is 5.11 Å². The van der Waals surface area contributed by atoms with Gasteiger partial charge in [0.25, 0.3) is 0 Å². The Hall–Kier alpha value is 0.230. The predicted molar refractivity (Wildman–Crippen MR) is 53.3 cm³/mol. The van der Waals surface area contributed by atoms with Crippen LogP contribution >= 0.6 is 38.5 Å². The van der Waals surface area contributed by atoms with Gasteiger partial charge in [-0.1, -0.05) is 0 Å². The lowest BCUT2D eigenvalue weighted by Crippen LogP contribution is -1.78. The van der Waals surface area contributed by atoms with Crippen LogP contribution in [0.5, 0.6) is 5.75 Å². The molecule has 1 rings (SSSR count). The molecule has 0 bridgehead atoms. The van der Waals surface area contributed by atoms with Gasteiger partial charge < -0.3 is 5.11 Å². The Morgan fingerprint density at radius 3 is 2.60 bits per heavy atom. The van der Waals surface area contributed by atoms with Crippen molar-refractivity contribution >= 4 is 38.5 Å². The van der Waals surface area contributed by atoms with Gasteiger partial charge in [0.15, 0.2) is 0 Å². The lowest BCUT2D eigenvalue weighted by atomic mass is 10.2. The first-order valence-corrected chi connectivity index (χ1v) is 4.63. The Morgan fingerprint density at radius 1 is 1.50 bits per heavy atom. The molecule has 0 fully saturated rings. The fourth-order valence-electron chi connectivity index (χ4n) is 0.706. The average Bonchev–Trinajstić information content (AvgIpc) is 1.82. The number of aromatic hydroxyl groups is 1. The second-order valence-corrected chi connectivity index (χ2v) is 4.04. The second-order valence-electron chi connectivity index (χ2n) is 2.08. The highest BCUT2D eigenvalue weighted by Gasteiger charge is 2.01. The van der Waals surface area contributed by atoms with Gasteiger partial charge in [0.2, 0.25) is 0 Å². The minimum Gasteiger partial charge on any atom is -0.507 e. The van der Waals surface area contributed by atoms with Crippen molar-refractivity contribution in [1.82, 2.24) is 0 Å². The molecular formula is C7H6BrIO. The first kappa shape index (κ1) is 8.33. The highest BCUT2D eigenvalue weighted by atomic mass is 127. The molecule has 1 nitrogen and oxygen atoms in total. The first-order chi connectivity index (χ1) is 4.61. The maximum Gasteiger partial charge on any atom is 0.131 e. The van der Waals surface area contributed by atoms with Crippen LogP contribution in [0.25, 0.3) is 0 Å². The van der Waals surface area contributed by atoms with Gasteiger partial charge >= 0.3 is 0 Å². The Kier molecular flexibility index (Phi) is 2.57. The van der Waals surface area contributed by atoms with E-state index in [9.17, 15) is 5.11 Å². The lowest BCUT2D eigenvalue weighted by molar-refractivity contribution is 0.471. The molecule has 1 aromatic carbocycles. The zero-order valence-corrected chi connectivity index (χ0v) is 9.10. The van der Waals surface area contributed by atoms with Gasteiger partial charge in [0, 0.05) is 3.57 Å². The molecule has 0 aliphatic heterocycles. The number of benzene rings is 1. The van der Waals surface area contributed by atoms with Crippen molar-refractivity contribution in [2.45, 2.75) is 6.92 Å². The minimum absolute atomic E-state index is 0.310. The van der Waals surface area contributed by atoms with Crippen LogP contribution in [0, 0.1) is 10.5 Å². The third-order valence-corrected chi connectivity index (χ3v) is 3.58. The molecular weight excluding hydrogens is 307 g/mol. The SMILES string of the molecule is Cc1cc(O)c(Br)c(I)c1. The number of aryl methyl sites for hydroxylation is 1. The van der Waals surface area contributed by atoms with Crippen molar-refractivity contribution in [2.24, 2.45) is 0 Å². The van der Waals surface area contributed by atoms with Gasteiger partial charge in [-0.2, -0.15) is 0 Å². The molecule has 0 aromatic heterocycles. The zero-order valence-electron chi connectivity index (χ0n) is 5.36. The summed E-state index contributed by atoms with van der Waals surface area (Å²) in [7, 11) is 0. The maximum absolute atomic E-state index is 9.23. The topological polar surface area (TPSA) is 20.2 Å². The number of rotatable bonds is 0. The van der Waals surface area contributed by atoms with Crippen LogP contribution in [0.2, 0.25) is 0 Å². The molecule has 0 unspecified atom stereocenters. The Balaban J connectivity index is 3.31. The van der Waals surface area contributed by atoms with E-state index in [0.717, 1.165) is 13.6 Å². The van der Waals surface area contributed by atoms with Gasteiger partial charge in [0.1, 0.15) is 5.75 Å². The van der Waals surface area contributed by atoms with Crippen molar-refractivity contribution in [3.8, 4) is 5.75 Å². The monoisotopic (exact) mass is 312 g/mol. The number of hydrogen-bond acceptors (Lipinski definition) is 1. The van der Waals surface area contributed by atoms with Crippen molar-refractivity contribution in [3.05, 3.63) is 25.7 Å². The van der Waals surface area contributed by atoms with E-state index in [0.29, 0.717) is 5.75 Å². The van der Waals surface area contributed by atoms with Gasteiger partial charge in [-0.05, 0) is 63.1 Å². The molecule has 0 saturated heterocycles. The Labute approximate surface area is 81.7 Å². The Bertz CT molecular complexity index is 237. The third-order valence-electron chi connectivity index (χ3n) is 1.15. The number of halogens is 2. The summed E-state index contributed by atoms with van der Waals surface area (Å²) in [6.07, 6.45) is 0. The molecule has 0 radical (unpaired) electrons. The molecule has 1 N–H and O–H groups in total. The van der Waals surface area contributed by atoms with E-state index in [4.69, 9.17) is 0 Å². The second kappa shape index (κ2) is 3.09. The molecule has 3 heteroatoms.